The van der Waals surface area contributed by atoms with E-state index < -0.39 is 0 Å². The van der Waals surface area contributed by atoms with Gasteiger partial charge in [-0.05, 0) is 48.9 Å². The molecule has 0 bridgehead atoms. The maximum atomic E-state index is 2.52. The summed E-state index contributed by atoms with van der Waals surface area (Å²) in [5.41, 5.74) is 0. The Morgan fingerprint density at radius 3 is 1.87 bits per heavy atom. The van der Waals surface area contributed by atoms with Crippen LogP contribution < -0.4 is 0 Å². The van der Waals surface area contributed by atoms with Crippen LogP contribution in [0.5, 0.6) is 0 Å². The van der Waals surface area contributed by atoms with Gasteiger partial charge in [0.25, 0.3) is 0 Å². The fourth-order valence-electron chi connectivity index (χ4n) is 4.91. The number of hydrogen-bond acceptors (Lipinski definition) is 0. The maximum Gasteiger partial charge on any atom is -0.0383 e. The molecule has 136 valence electrons. The maximum absolute atomic E-state index is 2.52. The minimum Gasteiger partial charge on any atom is -0.0651 e. The Morgan fingerprint density at radius 2 is 1.22 bits per heavy atom. The molecule has 2 aliphatic carbocycles. The van der Waals surface area contributed by atoms with E-state index in [2.05, 4.69) is 20.8 Å². The van der Waals surface area contributed by atoms with Gasteiger partial charge in [0.1, 0.15) is 0 Å². The Hall–Kier alpha value is 0. The lowest BCUT2D eigenvalue weighted by Gasteiger charge is -2.25. The molecular formula is C23H44. The van der Waals surface area contributed by atoms with E-state index in [1.165, 1.54) is 70.6 Å². The molecule has 0 aliphatic heterocycles. The minimum atomic E-state index is 0.917. The first-order valence-electron chi connectivity index (χ1n) is 11.2. The molecule has 0 aromatic carbocycles. The van der Waals surface area contributed by atoms with Gasteiger partial charge in [-0.1, -0.05) is 97.8 Å². The van der Waals surface area contributed by atoms with Gasteiger partial charge in [0.15, 0.2) is 0 Å². The first kappa shape index (κ1) is 19.3. The highest BCUT2D eigenvalue weighted by molar-refractivity contribution is 4.86. The van der Waals surface area contributed by atoms with Crippen molar-refractivity contribution in [1.29, 1.82) is 0 Å². The molecule has 0 spiro atoms. The highest BCUT2D eigenvalue weighted by atomic mass is 14.4. The molecule has 0 N–H and O–H groups in total. The van der Waals surface area contributed by atoms with Crippen molar-refractivity contribution < 1.29 is 0 Å². The average Bonchev–Trinajstić information content (AvgIpc) is 3.30. The van der Waals surface area contributed by atoms with Gasteiger partial charge in [-0.25, -0.2) is 0 Å². The predicted molar refractivity (Wildman–Crippen MR) is 104 cm³/mol. The van der Waals surface area contributed by atoms with Gasteiger partial charge in [0.2, 0.25) is 0 Å². The Labute approximate surface area is 147 Å². The van der Waals surface area contributed by atoms with E-state index in [0.717, 1.165) is 29.6 Å². The van der Waals surface area contributed by atoms with Crippen molar-refractivity contribution in [2.24, 2.45) is 29.6 Å². The highest BCUT2D eigenvalue weighted by Gasteiger charge is 2.36. The molecule has 0 nitrogen and oxygen atoms in total. The monoisotopic (exact) mass is 320 g/mol. The lowest BCUT2D eigenvalue weighted by Crippen LogP contribution is -2.13. The van der Waals surface area contributed by atoms with Crippen LogP contribution in [0.4, 0.5) is 0 Å². The van der Waals surface area contributed by atoms with Crippen LogP contribution >= 0.6 is 0 Å². The number of rotatable bonds is 4. The molecule has 5 atom stereocenters. The zero-order valence-electron chi connectivity index (χ0n) is 16.5. The Kier molecular flexibility index (Phi) is 9.06. The van der Waals surface area contributed by atoms with Crippen LogP contribution in [0, 0.1) is 29.6 Å². The standard InChI is InChI=1S/C23H44/c1-4-19(2)20(3)17-21-13-11-9-7-5-6-8-10-12-14-22-18-23(22)16-15-21/h19-23H,4-18H2,1-3H3. The zero-order valence-corrected chi connectivity index (χ0v) is 16.5. The summed E-state index contributed by atoms with van der Waals surface area (Å²) < 4.78 is 0. The van der Waals surface area contributed by atoms with Crippen LogP contribution in [0.25, 0.3) is 0 Å². The summed E-state index contributed by atoms with van der Waals surface area (Å²) >= 11 is 0. The molecule has 2 aliphatic rings. The lowest BCUT2D eigenvalue weighted by molar-refractivity contribution is 0.265. The van der Waals surface area contributed by atoms with Crippen LogP contribution in [-0.2, 0) is 0 Å². The smallest absolute Gasteiger partial charge is 0.0383 e. The van der Waals surface area contributed by atoms with Gasteiger partial charge in [-0.2, -0.15) is 0 Å². The van der Waals surface area contributed by atoms with Gasteiger partial charge in [-0.3, -0.25) is 0 Å². The summed E-state index contributed by atoms with van der Waals surface area (Å²) in [5.74, 6) is 5.14. The van der Waals surface area contributed by atoms with Crippen LogP contribution in [0.3, 0.4) is 0 Å². The van der Waals surface area contributed by atoms with Crippen molar-refractivity contribution in [3.8, 4) is 0 Å². The third-order valence-electron chi connectivity index (χ3n) is 7.27. The van der Waals surface area contributed by atoms with E-state index in [0.29, 0.717) is 0 Å². The quantitative estimate of drug-likeness (QED) is 0.492. The molecular weight excluding hydrogens is 276 g/mol. The van der Waals surface area contributed by atoms with Crippen molar-refractivity contribution >= 4 is 0 Å². The second-order valence-electron chi connectivity index (χ2n) is 9.20. The highest BCUT2D eigenvalue weighted by Crippen LogP contribution is 2.46. The Balaban J connectivity index is 1.78. The molecule has 2 saturated carbocycles. The third kappa shape index (κ3) is 7.61. The summed E-state index contributed by atoms with van der Waals surface area (Å²) in [5, 5.41) is 0. The molecule has 0 aromatic heterocycles. The van der Waals surface area contributed by atoms with Crippen LogP contribution in [-0.4, -0.2) is 0 Å². The summed E-state index contributed by atoms with van der Waals surface area (Å²) in [6, 6.07) is 0. The number of hydrogen-bond donors (Lipinski definition) is 0. The summed E-state index contributed by atoms with van der Waals surface area (Å²) in [6.07, 6.45) is 22.7. The Morgan fingerprint density at radius 1 is 0.652 bits per heavy atom. The SMILES string of the molecule is CCC(C)C(C)CC1CCCCCCCCCCC2CC2CC1. The first-order valence-corrected chi connectivity index (χ1v) is 11.2. The van der Waals surface area contributed by atoms with Crippen LogP contribution in [0.2, 0.25) is 0 Å². The fraction of sp³-hybridized carbons (Fsp3) is 1.00. The minimum absolute atomic E-state index is 0.917. The van der Waals surface area contributed by atoms with Crippen LogP contribution in [0.1, 0.15) is 117 Å². The molecule has 0 heteroatoms. The Bertz CT molecular complexity index is 294. The molecule has 5 unspecified atom stereocenters. The van der Waals surface area contributed by atoms with E-state index in [1.54, 1.807) is 25.7 Å². The summed E-state index contributed by atoms with van der Waals surface area (Å²) in [7, 11) is 0. The molecule has 0 saturated heterocycles. The summed E-state index contributed by atoms with van der Waals surface area (Å²) in [4.78, 5) is 0. The second kappa shape index (κ2) is 10.8. The summed E-state index contributed by atoms with van der Waals surface area (Å²) in [6.45, 7) is 7.35. The zero-order chi connectivity index (χ0) is 16.5. The van der Waals surface area contributed by atoms with Crippen molar-refractivity contribution in [3.63, 3.8) is 0 Å². The van der Waals surface area contributed by atoms with Gasteiger partial charge < -0.3 is 0 Å². The largest absolute Gasteiger partial charge is 0.0651 e. The molecule has 0 aromatic rings. The molecule has 0 amide bonds. The van der Waals surface area contributed by atoms with E-state index in [9.17, 15) is 0 Å². The average molecular weight is 321 g/mol. The fourth-order valence-corrected chi connectivity index (χ4v) is 4.91. The predicted octanol–water partition coefficient (Wildman–Crippen LogP) is 8.01. The normalized spacial score (nSPS) is 33.8. The van der Waals surface area contributed by atoms with Crippen molar-refractivity contribution in [3.05, 3.63) is 0 Å². The third-order valence-corrected chi connectivity index (χ3v) is 7.27. The van der Waals surface area contributed by atoms with E-state index in [4.69, 9.17) is 0 Å². The molecule has 2 fully saturated rings. The molecule has 2 rings (SSSR count). The van der Waals surface area contributed by atoms with E-state index >= 15 is 0 Å². The van der Waals surface area contributed by atoms with Gasteiger partial charge in [0.05, 0.1) is 0 Å². The van der Waals surface area contributed by atoms with Crippen molar-refractivity contribution in [2.45, 2.75) is 117 Å². The van der Waals surface area contributed by atoms with Gasteiger partial charge in [-0.15, -0.1) is 0 Å². The second-order valence-corrected chi connectivity index (χ2v) is 9.20. The van der Waals surface area contributed by atoms with Gasteiger partial charge >= 0.3 is 0 Å². The first-order chi connectivity index (χ1) is 11.2. The van der Waals surface area contributed by atoms with E-state index in [-0.39, 0.29) is 0 Å². The van der Waals surface area contributed by atoms with Gasteiger partial charge in [0, 0.05) is 0 Å². The molecule has 0 radical (unpaired) electrons. The molecule has 0 heterocycles. The van der Waals surface area contributed by atoms with Crippen LogP contribution in [0.15, 0.2) is 0 Å². The molecule has 23 heavy (non-hydrogen) atoms. The van der Waals surface area contributed by atoms with Crippen molar-refractivity contribution in [1.82, 2.24) is 0 Å². The van der Waals surface area contributed by atoms with Crippen molar-refractivity contribution in [2.75, 3.05) is 0 Å². The topological polar surface area (TPSA) is 0 Å². The number of fused-ring (bicyclic) bond motifs is 1. The van der Waals surface area contributed by atoms with E-state index in [1.807, 2.05) is 0 Å². The lowest BCUT2D eigenvalue weighted by atomic mass is 9.81.